The highest BCUT2D eigenvalue weighted by Gasteiger charge is 2.39. The summed E-state index contributed by atoms with van der Waals surface area (Å²) in [5, 5.41) is 11.1. The van der Waals surface area contributed by atoms with E-state index in [1.54, 1.807) is 0 Å². The summed E-state index contributed by atoms with van der Waals surface area (Å²) >= 11 is 0. The number of hydrogen-bond acceptors (Lipinski definition) is 5. The molecule has 0 amide bonds. The minimum atomic E-state index is -4.49. The second-order valence-electron chi connectivity index (χ2n) is 9.58. The molecule has 1 aliphatic rings. The van der Waals surface area contributed by atoms with Gasteiger partial charge in [-0.3, -0.25) is 4.90 Å². The van der Waals surface area contributed by atoms with Crippen LogP contribution in [-0.2, 0) is 34.3 Å². The highest BCUT2D eigenvalue weighted by Crippen LogP contribution is 2.34. The summed E-state index contributed by atoms with van der Waals surface area (Å²) in [5.41, 5.74) is 1.64. The quantitative estimate of drug-likeness (QED) is 0.335. The van der Waals surface area contributed by atoms with Gasteiger partial charge in [-0.05, 0) is 55.2 Å². The molecule has 204 valence electrons. The van der Waals surface area contributed by atoms with E-state index in [0.29, 0.717) is 32.8 Å². The number of hydrogen-bond donors (Lipinski definition) is 1. The largest absolute Gasteiger partial charge is 0.491 e. The number of rotatable bonds is 11. The lowest BCUT2D eigenvalue weighted by molar-refractivity contribution is -0.252. The topological polar surface area (TPSA) is 51.2 Å². The molecule has 8 heteroatoms. The molecule has 0 spiro atoms. The van der Waals surface area contributed by atoms with Crippen molar-refractivity contribution in [1.29, 1.82) is 0 Å². The van der Waals surface area contributed by atoms with Gasteiger partial charge in [0.1, 0.15) is 12.4 Å². The predicted octanol–water partition coefficient (Wildman–Crippen LogP) is 5.45. The average molecular weight is 530 g/mol. The van der Waals surface area contributed by atoms with Crippen LogP contribution in [0.25, 0.3) is 0 Å². The molecule has 5 nitrogen and oxygen atoms in total. The Kier molecular flexibility index (Phi) is 9.44. The van der Waals surface area contributed by atoms with E-state index >= 15 is 0 Å². The van der Waals surface area contributed by atoms with Crippen LogP contribution in [0.3, 0.4) is 0 Å². The van der Waals surface area contributed by atoms with Crippen molar-refractivity contribution in [3.8, 4) is 5.75 Å². The lowest BCUT2D eigenvalue weighted by atomic mass is 9.99. The molecule has 4 rings (SSSR count). The first-order valence-corrected chi connectivity index (χ1v) is 12.8. The van der Waals surface area contributed by atoms with Crippen molar-refractivity contribution in [2.75, 3.05) is 39.5 Å². The van der Waals surface area contributed by atoms with E-state index in [1.165, 1.54) is 17.7 Å². The van der Waals surface area contributed by atoms with Crippen molar-refractivity contribution < 1.29 is 32.5 Å². The standard InChI is InChI=1S/C30H34F3NO4/c1-23(34-15-17-38-29(35,22-34)26-8-5-9-27(21-26)30(31,32)33)20-25-10-12-28(13-11-25)37-19-18-36-16-14-24-6-3-2-4-7-24/h2-13,21,23,35H,14-20,22H2,1H3. The van der Waals surface area contributed by atoms with Crippen LogP contribution in [0.2, 0.25) is 0 Å². The van der Waals surface area contributed by atoms with Gasteiger partial charge in [0, 0.05) is 18.2 Å². The molecule has 0 bridgehead atoms. The molecule has 0 aromatic heterocycles. The molecule has 2 unspecified atom stereocenters. The number of nitrogens with zero attached hydrogens (tertiary/aromatic N) is 1. The second-order valence-corrected chi connectivity index (χ2v) is 9.58. The van der Waals surface area contributed by atoms with Crippen LogP contribution >= 0.6 is 0 Å². The molecular weight excluding hydrogens is 495 g/mol. The molecule has 3 aromatic rings. The van der Waals surface area contributed by atoms with E-state index in [1.807, 2.05) is 54.3 Å². The molecule has 1 aliphatic heterocycles. The van der Waals surface area contributed by atoms with Crippen LogP contribution < -0.4 is 4.74 Å². The minimum Gasteiger partial charge on any atom is -0.491 e. The predicted molar refractivity (Wildman–Crippen MR) is 139 cm³/mol. The number of halogens is 3. The molecule has 1 saturated heterocycles. The molecular formula is C30H34F3NO4. The van der Waals surface area contributed by atoms with Crippen LogP contribution in [0, 0.1) is 0 Å². The van der Waals surface area contributed by atoms with E-state index in [9.17, 15) is 18.3 Å². The first kappa shape index (κ1) is 28.1. The summed E-state index contributed by atoms with van der Waals surface area (Å²) in [6.45, 7) is 4.54. The minimum absolute atomic E-state index is 0.0426. The molecule has 0 radical (unpaired) electrons. The lowest BCUT2D eigenvalue weighted by Gasteiger charge is -2.42. The molecule has 0 saturated carbocycles. The zero-order valence-corrected chi connectivity index (χ0v) is 21.5. The summed E-state index contributed by atoms with van der Waals surface area (Å²) in [6, 6.07) is 22.8. The summed E-state index contributed by atoms with van der Waals surface area (Å²) in [4.78, 5) is 2.04. The Morgan fingerprint density at radius 3 is 2.45 bits per heavy atom. The number of ether oxygens (including phenoxy) is 3. The van der Waals surface area contributed by atoms with E-state index in [4.69, 9.17) is 14.2 Å². The Balaban J connectivity index is 1.23. The zero-order valence-electron chi connectivity index (χ0n) is 21.5. The zero-order chi connectivity index (χ0) is 27.0. The van der Waals surface area contributed by atoms with Crippen LogP contribution in [0.15, 0.2) is 78.9 Å². The van der Waals surface area contributed by atoms with E-state index in [-0.39, 0.29) is 24.8 Å². The Labute approximate surface area is 221 Å². The van der Waals surface area contributed by atoms with Crippen LogP contribution in [0.1, 0.15) is 29.2 Å². The third-order valence-corrected chi connectivity index (χ3v) is 6.73. The Bertz CT molecular complexity index is 1140. The Hall–Kier alpha value is -2.91. The second kappa shape index (κ2) is 12.8. The highest BCUT2D eigenvalue weighted by atomic mass is 19.4. The highest BCUT2D eigenvalue weighted by molar-refractivity contribution is 5.30. The molecule has 3 aromatic carbocycles. The SMILES string of the molecule is CC(Cc1ccc(OCCOCCc2ccccc2)cc1)N1CCOC(O)(c2cccc(C(F)(F)F)c2)C1. The molecule has 1 heterocycles. The summed E-state index contributed by atoms with van der Waals surface area (Å²) in [6.07, 6.45) is -2.91. The third-order valence-electron chi connectivity index (χ3n) is 6.73. The molecule has 0 aliphatic carbocycles. The van der Waals surface area contributed by atoms with Gasteiger partial charge in [-0.15, -0.1) is 0 Å². The fourth-order valence-corrected chi connectivity index (χ4v) is 4.57. The van der Waals surface area contributed by atoms with Gasteiger partial charge in [0.2, 0.25) is 5.79 Å². The van der Waals surface area contributed by atoms with Crippen molar-refractivity contribution >= 4 is 0 Å². The maximum atomic E-state index is 13.2. The van der Waals surface area contributed by atoms with Gasteiger partial charge in [-0.1, -0.05) is 54.6 Å². The first-order chi connectivity index (χ1) is 18.2. The monoisotopic (exact) mass is 529 g/mol. The number of morpholine rings is 1. The van der Waals surface area contributed by atoms with Gasteiger partial charge in [-0.25, -0.2) is 0 Å². The average Bonchev–Trinajstić information content (AvgIpc) is 2.92. The van der Waals surface area contributed by atoms with Gasteiger partial charge >= 0.3 is 6.18 Å². The normalized spacial score (nSPS) is 19.3. The first-order valence-electron chi connectivity index (χ1n) is 12.8. The number of aliphatic hydroxyl groups is 1. The van der Waals surface area contributed by atoms with Crippen molar-refractivity contribution in [3.05, 3.63) is 101 Å². The summed E-state index contributed by atoms with van der Waals surface area (Å²) in [5.74, 6) is -1.03. The molecule has 38 heavy (non-hydrogen) atoms. The Morgan fingerprint density at radius 1 is 0.947 bits per heavy atom. The molecule has 1 fully saturated rings. The van der Waals surface area contributed by atoms with Crippen LogP contribution in [0.4, 0.5) is 13.2 Å². The van der Waals surface area contributed by atoms with E-state index < -0.39 is 17.5 Å². The lowest BCUT2D eigenvalue weighted by Crippen LogP contribution is -2.53. The van der Waals surface area contributed by atoms with Crippen molar-refractivity contribution in [2.24, 2.45) is 0 Å². The summed E-state index contributed by atoms with van der Waals surface area (Å²) in [7, 11) is 0. The van der Waals surface area contributed by atoms with E-state index in [2.05, 4.69) is 12.1 Å². The fourth-order valence-electron chi connectivity index (χ4n) is 4.57. The van der Waals surface area contributed by atoms with Crippen molar-refractivity contribution in [3.63, 3.8) is 0 Å². The number of benzene rings is 3. The van der Waals surface area contributed by atoms with Gasteiger partial charge < -0.3 is 19.3 Å². The van der Waals surface area contributed by atoms with Crippen molar-refractivity contribution in [1.82, 2.24) is 4.90 Å². The van der Waals surface area contributed by atoms with Gasteiger partial charge in [0.15, 0.2) is 0 Å². The van der Waals surface area contributed by atoms with Gasteiger partial charge in [0.25, 0.3) is 0 Å². The maximum absolute atomic E-state index is 13.2. The number of β-amino-alcohol motifs (C(OH)–C–C–N with tert-alkyl or cyclic N) is 1. The Morgan fingerprint density at radius 2 is 1.71 bits per heavy atom. The van der Waals surface area contributed by atoms with Gasteiger partial charge in [0.05, 0.1) is 31.9 Å². The fraction of sp³-hybridized carbons (Fsp3) is 0.400. The molecule has 1 N–H and O–H groups in total. The van der Waals surface area contributed by atoms with E-state index in [0.717, 1.165) is 29.9 Å². The number of alkyl halides is 3. The third kappa shape index (κ3) is 7.80. The van der Waals surface area contributed by atoms with Crippen LogP contribution in [0.5, 0.6) is 5.75 Å². The summed E-state index contributed by atoms with van der Waals surface area (Å²) < 4.78 is 56.5. The van der Waals surface area contributed by atoms with Gasteiger partial charge in [-0.2, -0.15) is 13.2 Å². The molecule has 2 atom stereocenters. The maximum Gasteiger partial charge on any atom is 0.416 e. The van der Waals surface area contributed by atoms with Crippen LogP contribution in [-0.4, -0.2) is 55.6 Å². The van der Waals surface area contributed by atoms with Crippen molar-refractivity contribution in [2.45, 2.75) is 37.8 Å². The smallest absolute Gasteiger partial charge is 0.416 e.